The van der Waals surface area contributed by atoms with Crippen LogP contribution >= 0.6 is 25.8 Å². The number of fused-ring (bicyclic) bond motifs is 4. The van der Waals surface area contributed by atoms with E-state index in [1.165, 1.54) is 34.3 Å². The molecule has 4 aromatic rings. The predicted molar refractivity (Wildman–Crippen MR) is 156 cm³/mol. The van der Waals surface area contributed by atoms with Crippen molar-refractivity contribution >= 4 is 71.4 Å². The summed E-state index contributed by atoms with van der Waals surface area (Å²) in [6.45, 7) is -9.36. The van der Waals surface area contributed by atoms with Crippen LogP contribution in [0.2, 0.25) is 0 Å². The van der Waals surface area contributed by atoms with E-state index in [2.05, 4.69) is 37.2 Å². The van der Waals surface area contributed by atoms with E-state index in [0.717, 1.165) is 0 Å². The molecule has 0 bridgehead atoms. The smallest absolute Gasteiger partial charge is 0.386 e. The monoisotopic (exact) mass is 689 g/mol. The first-order chi connectivity index (χ1) is 20.9. The normalized spacial score (nSPS) is 38.3. The fourth-order valence-corrected chi connectivity index (χ4v) is 8.26. The van der Waals surface area contributed by atoms with Gasteiger partial charge in [0.05, 0.1) is 31.6 Å². The van der Waals surface area contributed by atoms with Crippen molar-refractivity contribution in [3.05, 3.63) is 31.2 Å². The van der Waals surface area contributed by atoms with Crippen LogP contribution in [-0.4, -0.2) is 99.0 Å². The van der Waals surface area contributed by atoms with E-state index in [4.69, 9.17) is 50.8 Å². The molecule has 3 aliphatic heterocycles. The van der Waals surface area contributed by atoms with Gasteiger partial charge in [-0.2, -0.15) is 0 Å². The molecule has 7 rings (SSSR count). The molecular weight excluding hydrogens is 664 g/mol. The van der Waals surface area contributed by atoms with Gasteiger partial charge in [0.2, 0.25) is 0 Å². The van der Waals surface area contributed by atoms with Gasteiger partial charge in [-0.15, -0.1) is 0 Å². The molecule has 0 saturated carbocycles. The Balaban J connectivity index is 1.17. The van der Waals surface area contributed by atoms with Crippen molar-refractivity contribution in [3.63, 3.8) is 0 Å². The van der Waals surface area contributed by atoms with Crippen molar-refractivity contribution in [2.45, 2.75) is 49.1 Å². The van der Waals surface area contributed by atoms with E-state index in [0.29, 0.717) is 16.9 Å². The summed E-state index contributed by atoms with van der Waals surface area (Å²) in [5.41, 5.74) is 13.4. The van der Waals surface area contributed by atoms with Crippen LogP contribution in [0.25, 0.3) is 22.3 Å². The number of anilines is 2. The highest BCUT2D eigenvalue weighted by Crippen LogP contribution is 2.58. The third-order valence-electron chi connectivity index (χ3n) is 7.36. The molecule has 3 fully saturated rings. The lowest BCUT2D eigenvalue weighted by atomic mass is 10.1. The highest BCUT2D eigenvalue weighted by Gasteiger charge is 2.53. The van der Waals surface area contributed by atoms with E-state index < -0.39 is 75.8 Å². The third-order valence-corrected chi connectivity index (χ3v) is 10.5. The molecule has 7 N–H and O–H groups in total. The first-order valence-corrected chi connectivity index (χ1v) is 18.2. The maximum absolute atomic E-state index is 13.4. The van der Waals surface area contributed by atoms with Crippen LogP contribution < -0.4 is 11.5 Å². The summed E-state index contributed by atoms with van der Waals surface area (Å²) in [6.07, 6.45) is -4.92. The van der Waals surface area contributed by atoms with Gasteiger partial charge in [-0.1, -0.05) is 12.2 Å². The molecule has 236 valence electrons. The summed E-state index contributed by atoms with van der Waals surface area (Å²) in [5.74, 6) is 0.110. The van der Waals surface area contributed by atoms with E-state index >= 15 is 0 Å². The maximum Gasteiger partial charge on any atom is 0.386 e. The molecule has 19 nitrogen and oxygen atoms in total. The van der Waals surface area contributed by atoms with Crippen LogP contribution in [0.4, 0.5) is 11.5 Å². The molecule has 3 aliphatic rings. The first kappa shape index (κ1) is 30.3. The van der Waals surface area contributed by atoms with Gasteiger partial charge in [-0.3, -0.25) is 22.7 Å². The lowest BCUT2D eigenvalue weighted by Gasteiger charge is -2.29. The minimum absolute atomic E-state index is 0.110. The highest BCUT2D eigenvalue weighted by molar-refractivity contribution is 8.44. The van der Waals surface area contributed by atoms with Crippen molar-refractivity contribution < 1.29 is 47.2 Å². The molecule has 4 aromatic heterocycles. The Bertz CT molecular complexity index is 1700. The molecule has 7 heterocycles. The number of hydrogen-bond donors (Lipinski definition) is 6. The molecule has 44 heavy (non-hydrogen) atoms. The van der Waals surface area contributed by atoms with Crippen molar-refractivity contribution in [2.24, 2.45) is 0 Å². The average Bonchev–Trinajstić information content (AvgIpc) is 3.73. The summed E-state index contributed by atoms with van der Waals surface area (Å²) in [4.78, 5) is 31.7. The second-order valence-corrected chi connectivity index (χ2v) is 15.8. The zero-order valence-electron chi connectivity index (χ0n) is 22.2. The molecule has 0 spiro atoms. The Morgan fingerprint density at radius 2 is 1.48 bits per heavy atom. The summed E-state index contributed by atoms with van der Waals surface area (Å²) < 4.78 is 50.8. The lowest BCUT2D eigenvalue weighted by Crippen LogP contribution is -2.38. The van der Waals surface area contributed by atoms with Gasteiger partial charge in [-0.25, -0.2) is 29.5 Å². The van der Waals surface area contributed by atoms with Crippen LogP contribution in [0.1, 0.15) is 12.5 Å². The molecule has 0 aliphatic carbocycles. The van der Waals surface area contributed by atoms with Gasteiger partial charge >= 0.3 is 13.5 Å². The van der Waals surface area contributed by atoms with Gasteiger partial charge in [0.1, 0.15) is 54.0 Å². The van der Waals surface area contributed by atoms with Crippen LogP contribution in [0.15, 0.2) is 31.2 Å². The average molecular weight is 690 g/mol. The number of hydrogen-bond acceptors (Lipinski definition) is 17. The Hall–Kier alpha value is -2.36. The number of aliphatic hydroxyl groups is 2. The summed E-state index contributed by atoms with van der Waals surface area (Å²) in [5, 5.41) is 22.5. The molecule has 0 amide bonds. The number of pyridine rings is 1. The topological polar surface area (TPSA) is 259 Å². The Morgan fingerprint density at radius 3 is 2.16 bits per heavy atom. The molecule has 0 aromatic carbocycles. The standard InChI is InChI=1S/C21H25N9O10P2S2/c22-8-1-2-24-18-11(8)27-6-29(18)20-13(31)15-9(37-20)3-35-42(34,44)40-16-10(4-36-41(33,43)39-15)38-21(14(16)32)30-7-28-12-17(23)25-5-26-19(12)30/h1-2,5-7,9-10,13-16,20-21,31-32H,3-4H2,(H2,22,24)(H,33,43)(H,34,44)(H2,23,25,26)/t9-,10-,13?,14?,15+,16+,20-,21-,41?,42?/m1/s1. The Morgan fingerprint density at radius 1 is 0.886 bits per heavy atom. The van der Waals surface area contributed by atoms with E-state index in [9.17, 15) is 19.7 Å². The molecular formula is C21H25N9O10P2S2. The number of aromatic nitrogens is 7. The van der Waals surface area contributed by atoms with Gasteiger partial charge < -0.3 is 40.6 Å². The Kier molecular flexibility index (Phi) is 7.69. The number of aliphatic hydroxyl groups excluding tert-OH is 2. The highest BCUT2D eigenvalue weighted by atomic mass is 32.7. The first-order valence-electron chi connectivity index (χ1n) is 12.9. The minimum atomic E-state index is -4.25. The fraction of sp³-hybridized carbons (Fsp3) is 0.476. The molecule has 3 saturated heterocycles. The maximum atomic E-state index is 13.4. The van der Waals surface area contributed by atoms with Crippen molar-refractivity contribution in [1.82, 2.24) is 34.1 Å². The quantitative estimate of drug-likeness (QED) is 0.120. The van der Waals surface area contributed by atoms with Crippen molar-refractivity contribution in [3.8, 4) is 0 Å². The number of ether oxygens (including phenoxy) is 2. The summed E-state index contributed by atoms with van der Waals surface area (Å²) in [6, 6.07) is 1.57. The lowest BCUT2D eigenvalue weighted by molar-refractivity contribution is -0.0577. The second-order valence-electron chi connectivity index (χ2n) is 10.1. The van der Waals surface area contributed by atoms with Crippen LogP contribution in [0.5, 0.6) is 0 Å². The number of nitrogens with two attached hydrogens (primary N) is 2. The van der Waals surface area contributed by atoms with Crippen LogP contribution in [-0.2, 0) is 43.9 Å². The van der Waals surface area contributed by atoms with E-state index in [1.54, 1.807) is 6.07 Å². The third kappa shape index (κ3) is 5.30. The molecule has 23 heteroatoms. The van der Waals surface area contributed by atoms with Gasteiger partial charge in [0, 0.05) is 6.20 Å². The van der Waals surface area contributed by atoms with Crippen molar-refractivity contribution in [1.29, 1.82) is 0 Å². The SMILES string of the molecule is Nc1ccnc2c1ncn2[C@@H]1O[C@@H]2COP(O)(=S)O[C@@H]3C(O)[C@H](n4cnc5c(N)ncnc54)O[C@@H]3COP(=O)(S)O[C@@H]2C1O. The second kappa shape index (κ2) is 11.2. The van der Waals surface area contributed by atoms with Gasteiger partial charge in [0.25, 0.3) is 0 Å². The Labute approximate surface area is 257 Å². The number of rotatable bonds is 2. The number of nitrogen functional groups attached to an aromatic ring is 2. The van der Waals surface area contributed by atoms with E-state index in [-0.39, 0.29) is 17.0 Å². The zero-order valence-corrected chi connectivity index (χ0v) is 25.7. The molecule has 0 radical (unpaired) electrons. The minimum Gasteiger partial charge on any atom is -0.397 e. The van der Waals surface area contributed by atoms with Gasteiger partial charge in [0.15, 0.2) is 29.6 Å². The van der Waals surface area contributed by atoms with E-state index in [1.807, 2.05) is 0 Å². The molecule has 4 unspecified atom stereocenters. The summed E-state index contributed by atoms with van der Waals surface area (Å²) in [7, 11) is 0. The fourth-order valence-electron chi connectivity index (χ4n) is 5.33. The largest absolute Gasteiger partial charge is 0.397 e. The van der Waals surface area contributed by atoms with Crippen LogP contribution in [0.3, 0.4) is 0 Å². The van der Waals surface area contributed by atoms with Gasteiger partial charge in [-0.05, 0) is 17.9 Å². The summed E-state index contributed by atoms with van der Waals surface area (Å²) >= 11 is 9.34. The van der Waals surface area contributed by atoms with Crippen LogP contribution in [0, 0.1) is 0 Å². The zero-order chi connectivity index (χ0) is 31.0. The number of imidazole rings is 2. The predicted octanol–water partition coefficient (Wildman–Crippen LogP) is 0.0241. The number of thiol groups is 1. The molecule has 10 atom stereocenters. The van der Waals surface area contributed by atoms with Crippen molar-refractivity contribution in [2.75, 3.05) is 24.7 Å². The number of nitrogens with zero attached hydrogens (tertiary/aromatic N) is 7.